The lowest BCUT2D eigenvalue weighted by Crippen LogP contribution is -2.37. The molecule has 0 saturated carbocycles. The molecule has 0 heterocycles. The fraction of sp³-hybridized carbons (Fsp3) is 0.739. The van der Waals surface area contributed by atoms with Gasteiger partial charge in [-0.2, -0.15) is 0 Å². The first-order valence-electron chi connectivity index (χ1n) is 22.0. The Labute approximate surface area is 343 Å². The number of allylic oxidation sites excluding steroid dienone is 10. The summed E-state index contributed by atoms with van der Waals surface area (Å²) in [6, 6.07) is 0. The van der Waals surface area contributed by atoms with Gasteiger partial charge in [-0.3, -0.25) is 18.6 Å². The van der Waals surface area contributed by atoms with Gasteiger partial charge < -0.3 is 18.9 Å². The minimum absolute atomic E-state index is 0.0205. The van der Waals surface area contributed by atoms with E-state index < -0.39 is 26.5 Å². The normalized spacial score (nSPS) is 14.2. The number of likely N-dealkylation sites (N-methyl/N-ethyl adjacent to an activating group) is 1. The number of phosphoric ester groups is 1. The number of nitrogens with zero attached hydrogens (tertiary/aromatic N) is 1. The van der Waals surface area contributed by atoms with Crippen molar-refractivity contribution in [2.24, 2.45) is 0 Å². The first-order chi connectivity index (χ1) is 27.0. The quantitative estimate of drug-likeness (QED) is 0.0215. The number of ether oxygens (including phenoxy) is 2. The molecule has 0 aliphatic carbocycles. The molecule has 10 heteroatoms. The molecule has 0 aromatic rings. The zero-order chi connectivity index (χ0) is 41.4. The van der Waals surface area contributed by atoms with Crippen molar-refractivity contribution in [3.05, 3.63) is 60.8 Å². The molecule has 0 radical (unpaired) electrons. The average Bonchev–Trinajstić information content (AvgIpc) is 3.15. The standard InChI is InChI=1S/C46H82NO8P/c1-6-8-10-12-14-16-18-20-22-23-25-26-28-30-32-34-36-38-45(48)52-42-44(43-54-56(50,51)53-41-40-47(3,4)5)55-46(49)39-37-35-33-31-29-27-24-21-19-17-15-13-11-9-7-2/h9,11,15,17,20-22,24,29,31,44H,6-8,10,12-14,16,18-19,23,25-28,30,32-43H2,1-5H3/p+1/b11-9-,17-15-,22-20-,24-21-,31-29-. The fourth-order valence-electron chi connectivity index (χ4n) is 5.59. The highest BCUT2D eigenvalue weighted by atomic mass is 31.2. The second kappa shape index (κ2) is 38.2. The van der Waals surface area contributed by atoms with Gasteiger partial charge in [-0.05, 0) is 77.0 Å². The van der Waals surface area contributed by atoms with Gasteiger partial charge in [0.15, 0.2) is 6.10 Å². The van der Waals surface area contributed by atoms with E-state index in [1.807, 2.05) is 21.1 Å². The van der Waals surface area contributed by atoms with Crippen molar-refractivity contribution < 1.29 is 42.1 Å². The van der Waals surface area contributed by atoms with Gasteiger partial charge in [0, 0.05) is 12.8 Å². The lowest BCUT2D eigenvalue weighted by molar-refractivity contribution is -0.870. The van der Waals surface area contributed by atoms with E-state index in [9.17, 15) is 19.0 Å². The van der Waals surface area contributed by atoms with Gasteiger partial charge in [0.2, 0.25) is 0 Å². The Morgan fingerprint density at radius 1 is 0.571 bits per heavy atom. The highest BCUT2D eigenvalue weighted by Crippen LogP contribution is 2.43. The molecule has 2 unspecified atom stereocenters. The van der Waals surface area contributed by atoms with Crippen molar-refractivity contribution in [3.8, 4) is 0 Å². The van der Waals surface area contributed by atoms with Crippen LogP contribution in [0.5, 0.6) is 0 Å². The van der Waals surface area contributed by atoms with Crippen molar-refractivity contribution in [3.63, 3.8) is 0 Å². The summed E-state index contributed by atoms with van der Waals surface area (Å²) in [7, 11) is 1.44. The maximum Gasteiger partial charge on any atom is 0.472 e. The SMILES string of the molecule is CC/C=C\C/C=C\C/C=C\C/C=C\CCCCC(=O)OC(COC(=O)CCCCCCCCC/C=C\CCCCCCCC)COP(=O)(O)OCC[N+](C)(C)C. The van der Waals surface area contributed by atoms with Gasteiger partial charge >= 0.3 is 19.8 Å². The Bertz CT molecular complexity index is 1140. The van der Waals surface area contributed by atoms with E-state index in [-0.39, 0.29) is 32.0 Å². The number of hydrogen-bond acceptors (Lipinski definition) is 7. The summed E-state index contributed by atoms with van der Waals surface area (Å²) in [4.78, 5) is 35.3. The molecule has 56 heavy (non-hydrogen) atoms. The van der Waals surface area contributed by atoms with Gasteiger partial charge in [0.1, 0.15) is 19.8 Å². The summed E-state index contributed by atoms with van der Waals surface area (Å²) in [6.07, 6.45) is 45.6. The molecule has 0 aliphatic rings. The van der Waals surface area contributed by atoms with Gasteiger partial charge in [-0.15, -0.1) is 0 Å². The maximum absolute atomic E-state index is 12.7. The molecule has 1 N–H and O–H groups in total. The summed E-state index contributed by atoms with van der Waals surface area (Å²) in [5, 5.41) is 0. The van der Waals surface area contributed by atoms with Gasteiger partial charge in [-0.25, -0.2) is 4.57 Å². The maximum atomic E-state index is 12.7. The van der Waals surface area contributed by atoms with E-state index in [1.54, 1.807) is 0 Å². The van der Waals surface area contributed by atoms with Crippen molar-refractivity contribution >= 4 is 19.8 Å². The van der Waals surface area contributed by atoms with Crippen LogP contribution in [-0.4, -0.2) is 74.9 Å². The van der Waals surface area contributed by atoms with Crippen LogP contribution >= 0.6 is 7.82 Å². The Morgan fingerprint density at radius 3 is 1.57 bits per heavy atom. The number of rotatable bonds is 39. The third kappa shape index (κ3) is 41.3. The zero-order valence-corrected chi connectivity index (χ0v) is 37.2. The monoisotopic (exact) mass is 809 g/mol. The van der Waals surface area contributed by atoms with E-state index >= 15 is 0 Å². The predicted octanol–water partition coefficient (Wildman–Crippen LogP) is 12.5. The summed E-state index contributed by atoms with van der Waals surface area (Å²) >= 11 is 0. The van der Waals surface area contributed by atoms with Gasteiger partial charge in [0.25, 0.3) is 0 Å². The summed E-state index contributed by atoms with van der Waals surface area (Å²) < 4.78 is 34.2. The van der Waals surface area contributed by atoms with Gasteiger partial charge in [-0.1, -0.05) is 139 Å². The molecule has 0 spiro atoms. The highest BCUT2D eigenvalue weighted by molar-refractivity contribution is 7.47. The number of carbonyl (C=O) groups excluding carboxylic acids is 2. The van der Waals surface area contributed by atoms with E-state index in [4.69, 9.17) is 18.5 Å². The third-order valence-corrected chi connectivity index (χ3v) is 10.0. The number of esters is 2. The number of quaternary nitrogens is 1. The molecule has 0 aromatic heterocycles. The molecule has 0 rings (SSSR count). The topological polar surface area (TPSA) is 108 Å². The number of unbranched alkanes of at least 4 members (excludes halogenated alkanes) is 15. The molecular formula is C46H83NO8P+. The molecule has 0 aliphatic heterocycles. The minimum Gasteiger partial charge on any atom is -0.462 e. The largest absolute Gasteiger partial charge is 0.472 e. The average molecular weight is 809 g/mol. The van der Waals surface area contributed by atoms with Crippen LogP contribution in [0.4, 0.5) is 0 Å². The minimum atomic E-state index is -4.39. The predicted molar refractivity (Wildman–Crippen MR) is 233 cm³/mol. The van der Waals surface area contributed by atoms with Crippen molar-refractivity contribution in [1.82, 2.24) is 0 Å². The van der Waals surface area contributed by atoms with E-state index in [2.05, 4.69) is 74.6 Å². The smallest absolute Gasteiger partial charge is 0.462 e. The Hall–Kier alpha value is -2.29. The number of phosphoric acid groups is 1. The molecule has 0 amide bonds. The molecule has 0 saturated heterocycles. The molecule has 9 nitrogen and oxygen atoms in total. The Balaban J connectivity index is 4.43. The Kier molecular flexibility index (Phi) is 36.7. The van der Waals surface area contributed by atoms with Crippen LogP contribution < -0.4 is 0 Å². The lowest BCUT2D eigenvalue weighted by Gasteiger charge is -2.24. The number of carbonyl (C=O) groups is 2. The third-order valence-electron chi connectivity index (χ3n) is 9.03. The summed E-state index contributed by atoms with van der Waals surface area (Å²) in [6.45, 7) is 4.24. The van der Waals surface area contributed by atoms with Crippen molar-refractivity contribution in [1.29, 1.82) is 0 Å². The second-order valence-corrected chi connectivity index (χ2v) is 17.1. The van der Waals surface area contributed by atoms with Gasteiger partial charge in [0.05, 0.1) is 27.7 Å². The number of hydrogen-bond donors (Lipinski definition) is 1. The zero-order valence-electron chi connectivity index (χ0n) is 36.3. The second-order valence-electron chi connectivity index (χ2n) is 15.7. The van der Waals surface area contributed by atoms with Crippen molar-refractivity contribution in [2.45, 2.75) is 174 Å². The molecule has 0 fully saturated rings. The van der Waals surface area contributed by atoms with Crippen LogP contribution in [0.3, 0.4) is 0 Å². The van der Waals surface area contributed by atoms with Crippen LogP contribution in [0, 0.1) is 0 Å². The van der Waals surface area contributed by atoms with Crippen LogP contribution in [0.25, 0.3) is 0 Å². The van der Waals surface area contributed by atoms with Crippen LogP contribution in [0.1, 0.15) is 168 Å². The van der Waals surface area contributed by atoms with Crippen LogP contribution in [-0.2, 0) is 32.7 Å². The van der Waals surface area contributed by atoms with E-state index in [0.717, 1.165) is 70.6 Å². The van der Waals surface area contributed by atoms with Crippen LogP contribution in [0.15, 0.2) is 60.8 Å². The summed E-state index contributed by atoms with van der Waals surface area (Å²) in [5.74, 6) is -0.856. The highest BCUT2D eigenvalue weighted by Gasteiger charge is 2.27. The van der Waals surface area contributed by atoms with E-state index in [0.29, 0.717) is 17.4 Å². The van der Waals surface area contributed by atoms with E-state index in [1.165, 1.54) is 64.2 Å². The van der Waals surface area contributed by atoms with Crippen LogP contribution in [0.2, 0.25) is 0 Å². The first kappa shape index (κ1) is 53.7. The molecule has 0 aromatic carbocycles. The molecule has 2 atom stereocenters. The molecular weight excluding hydrogens is 725 g/mol. The summed E-state index contributed by atoms with van der Waals surface area (Å²) in [5.41, 5.74) is 0. The fourth-order valence-corrected chi connectivity index (χ4v) is 6.33. The molecule has 324 valence electrons. The molecule has 0 bridgehead atoms. The van der Waals surface area contributed by atoms with Crippen molar-refractivity contribution in [2.75, 3.05) is 47.5 Å². The lowest BCUT2D eigenvalue weighted by atomic mass is 10.1. The first-order valence-corrected chi connectivity index (χ1v) is 23.5. The Morgan fingerprint density at radius 2 is 1.02 bits per heavy atom.